The quantitative estimate of drug-likeness (QED) is 0.543. The Hall–Kier alpha value is -2.75. The summed E-state index contributed by atoms with van der Waals surface area (Å²) in [7, 11) is 0. The molecule has 0 atom stereocenters. The largest absolute Gasteiger partial charge is 0.477 e. The summed E-state index contributed by atoms with van der Waals surface area (Å²) < 4.78 is 0. The summed E-state index contributed by atoms with van der Waals surface area (Å²) in [6.45, 7) is 18.1. The van der Waals surface area contributed by atoms with Gasteiger partial charge in [0.25, 0.3) is 0 Å². The zero-order valence-corrected chi connectivity index (χ0v) is 12.5. The molecule has 1 N–H and O–H groups in total. The molecule has 0 aliphatic carbocycles. The summed E-state index contributed by atoms with van der Waals surface area (Å²) in [6, 6.07) is 0. The van der Waals surface area contributed by atoms with E-state index in [0.717, 1.165) is 11.3 Å². The second-order valence-electron chi connectivity index (χ2n) is 3.91. The van der Waals surface area contributed by atoms with Gasteiger partial charge in [-0.1, -0.05) is 38.5 Å². The maximum Gasteiger partial charge on any atom is 0.354 e. The summed E-state index contributed by atoms with van der Waals surface area (Å²) in [5.41, 5.74) is 2.23. The molecule has 21 heavy (non-hydrogen) atoms. The number of allylic oxidation sites excluding steroid dienone is 4. The number of carboxylic acid groups (broad SMARTS) is 1. The predicted molar refractivity (Wildman–Crippen MR) is 89.8 cm³/mol. The highest BCUT2D eigenvalue weighted by molar-refractivity contribution is 6.40. The van der Waals surface area contributed by atoms with Crippen molar-refractivity contribution in [3.05, 3.63) is 73.7 Å². The van der Waals surface area contributed by atoms with Crippen LogP contribution in [0.5, 0.6) is 0 Å². The first-order valence-electron chi connectivity index (χ1n) is 6.21. The fourth-order valence-corrected chi connectivity index (χ4v) is 1.37. The molecular weight excluding hydrogens is 264 g/mol. The van der Waals surface area contributed by atoms with Crippen molar-refractivity contribution in [2.45, 2.75) is 13.8 Å². The second kappa shape index (κ2) is 9.20. The number of rotatable bonds is 8. The summed E-state index contributed by atoms with van der Waals surface area (Å²) in [4.78, 5) is 19.2. The molecule has 0 rings (SSSR count). The molecule has 4 heteroatoms. The Morgan fingerprint density at radius 2 is 1.81 bits per heavy atom. The van der Waals surface area contributed by atoms with Gasteiger partial charge in [0.05, 0.1) is 5.70 Å². The first-order chi connectivity index (χ1) is 9.90. The van der Waals surface area contributed by atoms with Gasteiger partial charge in [-0.3, -0.25) is 4.99 Å². The molecule has 0 fully saturated rings. The van der Waals surface area contributed by atoms with E-state index in [1.54, 1.807) is 6.08 Å². The van der Waals surface area contributed by atoms with Gasteiger partial charge in [-0.05, 0) is 37.1 Å². The lowest BCUT2D eigenvalue weighted by atomic mass is 10.1. The Kier molecular flexibility index (Phi) is 8.00. The molecule has 0 saturated carbocycles. The average molecular weight is 284 g/mol. The second-order valence-corrected chi connectivity index (χ2v) is 3.91. The normalized spacial score (nSPS) is 13.6. The lowest BCUT2D eigenvalue weighted by Gasteiger charge is -2.06. The SMILES string of the molecule is C=C\N=C(C)/C(=C\C)/C=C(/N=C(\C=C)C(=O)O)C(=C)C=C. The third kappa shape index (κ3) is 5.82. The Bertz CT molecular complexity index is 588. The number of carbonyl (C=O) groups is 1. The molecule has 0 bridgehead atoms. The van der Waals surface area contributed by atoms with Crippen molar-refractivity contribution in [2.75, 3.05) is 0 Å². The number of hydrogen-bond donors (Lipinski definition) is 1. The highest BCUT2D eigenvalue weighted by Gasteiger charge is 2.08. The lowest BCUT2D eigenvalue weighted by Crippen LogP contribution is -2.10. The number of aliphatic imine (C=N–C) groups is 2. The van der Waals surface area contributed by atoms with Crippen LogP contribution in [0, 0.1) is 0 Å². The number of hydrogen-bond acceptors (Lipinski definition) is 3. The molecule has 0 unspecified atom stereocenters. The van der Waals surface area contributed by atoms with Gasteiger partial charge in [0, 0.05) is 11.9 Å². The molecule has 0 aromatic carbocycles. The van der Waals surface area contributed by atoms with E-state index >= 15 is 0 Å². The van der Waals surface area contributed by atoms with Crippen molar-refractivity contribution in [3.8, 4) is 0 Å². The van der Waals surface area contributed by atoms with E-state index in [9.17, 15) is 4.79 Å². The van der Waals surface area contributed by atoms with Gasteiger partial charge in [-0.25, -0.2) is 9.79 Å². The van der Waals surface area contributed by atoms with Crippen LogP contribution in [0.4, 0.5) is 0 Å². The van der Waals surface area contributed by atoms with Gasteiger partial charge in [0.15, 0.2) is 0 Å². The molecule has 0 spiro atoms. The first kappa shape index (κ1) is 18.2. The number of carboxylic acids is 1. The minimum atomic E-state index is -1.16. The van der Waals surface area contributed by atoms with E-state index in [0.29, 0.717) is 11.3 Å². The first-order valence-corrected chi connectivity index (χ1v) is 6.21. The zero-order chi connectivity index (χ0) is 16.4. The van der Waals surface area contributed by atoms with Crippen LogP contribution in [-0.4, -0.2) is 22.5 Å². The van der Waals surface area contributed by atoms with Gasteiger partial charge >= 0.3 is 5.97 Å². The Labute approximate surface area is 125 Å². The fourth-order valence-electron chi connectivity index (χ4n) is 1.37. The zero-order valence-electron chi connectivity index (χ0n) is 12.5. The summed E-state index contributed by atoms with van der Waals surface area (Å²) >= 11 is 0. The third-order valence-electron chi connectivity index (χ3n) is 2.53. The van der Waals surface area contributed by atoms with Crippen molar-refractivity contribution in [1.82, 2.24) is 0 Å². The van der Waals surface area contributed by atoms with E-state index in [1.807, 2.05) is 19.9 Å². The minimum absolute atomic E-state index is 0.169. The molecule has 110 valence electrons. The monoisotopic (exact) mass is 284 g/mol. The average Bonchev–Trinajstić information content (AvgIpc) is 2.46. The van der Waals surface area contributed by atoms with Crippen LogP contribution < -0.4 is 0 Å². The molecule has 0 radical (unpaired) electrons. The van der Waals surface area contributed by atoms with Gasteiger partial charge in [-0.2, -0.15) is 0 Å². The summed E-state index contributed by atoms with van der Waals surface area (Å²) in [5.74, 6) is -1.16. The Balaban J connectivity index is 6.00. The molecule has 0 aromatic rings. The third-order valence-corrected chi connectivity index (χ3v) is 2.53. The number of aliphatic carboxylic acids is 1. The van der Waals surface area contributed by atoms with E-state index in [1.165, 1.54) is 18.4 Å². The highest BCUT2D eigenvalue weighted by Crippen LogP contribution is 2.16. The van der Waals surface area contributed by atoms with Gasteiger partial charge in [-0.15, -0.1) is 0 Å². The van der Waals surface area contributed by atoms with E-state index in [-0.39, 0.29) is 5.71 Å². The van der Waals surface area contributed by atoms with Crippen molar-refractivity contribution in [3.63, 3.8) is 0 Å². The molecule has 4 nitrogen and oxygen atoms in total. The van der Waals surface area contributed by atoms with Crippen LogP contribution in [0.2, 0.25) is 0 Å². The maximum absolute atomic E-state index is 11.0. The smallest absolute Gasteiger partial charge is 0.354 e. The Morgan fingerprint density at radius 1 is 1.19 bits per heavy atom. The number of nitrogens with zero attached hydrogens (tertiary/aromatic N) is 2. The molecular formula is C17H20N2O2. The van der Waals surface area contributed by atoms with Crippen LogP contribution in [0.15, 0.2) is 83.6 Å². The lowest BCUT2D eigenvalue weighted by molar-refractivity contribution is -0.129. The molecule has 0 heterocycles. The van der Waals surface area contributed by atoms with Crippen LogP contribution in [0.1, 0.15) is 13.8 Å². The minimum Gasteiger partial charge on any atom is -0.477 e. The summed E-state index contributed by atoms with van der Waals surface area (Å²) in [5, 5.41) is 9.02. The van der Waals surface area contributed by atoms with Crippen LogP contribution in [0.3, 0.4) is 0 Å². The van der Waals surface area contributed by atoms with E-state index < -0.39 is 5.97 Å². The highest BCUT2D eigenvalue weighted by atomic mass is 16.4. The van der Waals surface area contributed by atoms with Gasteiger partial charge in [0.1, 0.15) is 5.71 Å². The predicted octanol–water partition coefficient (Wildman–Crippen LogP) is 3.87. The van der Waals surface area contributed by atoms with Crippen molar-refractivity contribution in [2.24, 2.45) is 9.98 Å². The molecule has 0 saturated heterocycles. The summed E-state index contributed by atoms with van der Waals surface area (Å²) in [6.07, 6.45) is 7.64. The van der Waals surface area contributed by atoms with Gasteiger partial charge in [0.2, 0.25) is 0 Å². The van der Waals surface area contributed by atoms with E-state index in [2.05, 4.69) is 36.3 Å². The van der Waals surface area contributed by atoms with Crippen LogP contribution in [0.25, 0.3) is 0 Å². The maximum atomic E-state index is 11.0. The fraction of sp³-hybridized carbons (Fsp3) is 0.118. The molecule has 0 aliphatic heterocycles. The van der Waals surface area contributed by atoms with Crippen molar-refractivity contribution < 1.29 is 9.90 Å². The molecule has 0 amide bonds. The van der Waals surface area contributed by atoms with Crippen molar-refractivity contribution >= 4 is 17.4 Å². The van der Waals surface area contributed by atoms with Gasteiger partial charge < -0.3 is 5.11 Å². The standard InChI is InChI=1S/C17H20N2O2/c1-7-12(5)16(19-15(9-3)17(20)21)11-14(8-2)13(6)18-10-4/h7-11H,1,3-5H2,2,6H3,(H,20,21)/b14-8-,16-11+,18-13-,19-15+. The van der Waals surface area contributed by atoms with Crippen molar-refractivity contribution in [1.29, 1.82) is 0 Å². The van der Waals surface area contributed by atoms with Crippen LogP contribution in [-0.2, 0) is 4.79 Å². The van der Waals surface area contributed by atoms with E-state index in [4.69, 9.17) is 5.11 Å². The Morgan fingerprint density at radius 3 is 2.19 bits per heavy atom. The topological polar surface area (TPSA) is 62.0 Å². The van der Waals surface area contributed by atoms with Crippen LogP contribution >= 0.6 is 0 Å². The molecule has 0 aromatic heterocycles. The molecule has 0 aliphatic rings.